The molecule has 8 nitrogen and oxygen atoms in total. The molecule has 0 bridgehead atoms. The molecule has 1 unspecified atom stereocenters. The first-order valence-corrected chi connectivity index (χ1v) is 11.4. The number of piperazine rings is 1. The van der Waals surface area contributed by atoms with Gasteiger partial charge in [-0.25, -0.2) is 8.42 Å². The van der Waals surface area contributed by atoms with Crippen LogP contribution in [0.5, 0.6) is 0 Å². The molecule has 0 aromatic heterocycles. The zero-order chi connectivity index (χ0) is 18.6. The molecule has 0 spiro atoms. The summed E-state index contributed by atoms with van der Waals surface area (Å²) in [5.74, 6) is 1.43. The van der Waals surface area contributed by atoms with Crippen molar-refractivity contribution in [2.45, 2.75) is 32.2 Å². The molecule has 0 aliphatic carbocycles. The summed E-state index contributed by atoms with van der Waals surface area (Å²) in [6.07, 6.45) is 2.51. The number of sulfone groups is 1. The minimum absolute atomic E-state index is 0. The molecule has 3 fully saturated rings. The number of ether oxygens (including phenoxy) is 1. The van der Waals surface area contributed by atoms with Crippen molar-refractivity contribution >= 4 is 45.7 Å². The van der Waals surface area contributed by atoms with Gasteiger partial charge >= 0.3 is 0 Å². The van der Waals surface area contributed by atoms with Gasteiger partial charge in [0.05, 0.1) is 18.1 Å². The standard InChI is InChI=1S/C17H30N4O4S.HI/c1-2-20-6-7-21(12-16(20)22)17(19-15-3-8-25-9-4-15)18-11-14-5-10-26(23,24)13-14;/h14-15H,2-13H2,1H3,(H,18,19);1H. The number of aliphatic imine (C=N–C) groups is 1. The maximum Gasteiger partial charge on any atom is 0.242 e. The first-order chi connectivity index (χ1) is 12.5. The molecule has 156 valence electrons. The lowest BCUT2D eigenvalue weighted by Crippen LogP contribution is -2.57. The number of nitrogens with zero attached hydrogens (tertiary/aromatic N) is 3. The van der Waals surface area contributed by atoms with E-state index in [0.717, 1.165) is 45.1 Å². The van der Waals surface area contributed by atoms with Crippen molar-refractivity contribution in [3.05, 3.63) is 0 Å². The highest BCUT2D eigenvalue weighted by atomic mass is 127. The molecule has 3 aliphatic heterocycles. The number of amides is 1. The van der Waals surface area contributed by atoms with E-state index in [1.54, 1.807) is 0 Å². The summed E-state index contributed by atoms with van der Waals surface area (Å²) < 4.78 is 28.8. The van der Waals surface area contributed by atoms with E-state index in [1.165, 1.54) is 0 Å². The molecule has 27 heavy (non-hydrogen) atoms. The van der Waals surface area contributed by atoms with Crippen molar-refractivity contribution in [1.29, 1.82) is 0 Å². The van der Waals surface area contributed by atoms with Crippen LogP contribution >= 0.6 is 24.0 Å². The zero-order valence-electron chi connectivity index (χ0n) is 15.9. The second-order valence-electron chi connectivity index (χ2n) is 7.36. The van der Waals surface area contributed by atoms with Crippen LogP contribution in [0.1, 0.15) is 26.2 Å². The Balaban J connectivity index is 0.00000261. The minimum atomic E-state index is -2.90. The quantitative estimate of drug-likeness (QED) is 0.331. The summed E-state index contributed by atoms with van der Waals surface area (Å²) >= 11 is 0. The van der Waals surface area contributed by atoms with E-state index in [1.807, 2.05) is 16.7 Å². The van der Waals surface area contributed by atoms with E-state index in [9.17, 15) is 13.2 Å². The molecule has 3 heterocycles. The Morgan fingerprint density at radius 1 is 1.26 bits per heavy atom. The SMILES string of the molecule is CCN1CCN(C(=NCC2CCS(=O)(=O)C2)NC2CCOCC2)CC1=O.I. The summed E-state index contributed by atoms with van der Waals surface area (Å²) in [7, 11) is -2.90. The van der Waals surface area contributed by atoms with Gasteiger partial charge in [-0.1, -0.05) is 0 Å². The fourth-order valence-electron chi connectivity index (χ4n) is 3.72. The number of halogens is 1. The van der Waals surface area contributed by atoms with E-state index in [0.29, 0.717) is 26.1 Å². The number of hydrogen-bond donors (Lipinski definition) is 1. The summed E-state index contributed by atoms with van der Waals surface area (Å²) in [5, 5.41) is 3.50. The van der Waals surface area contributed by atoms with Crippen molar-refractivity contribution < 1.29 is 17.9 Å². The predicted molar refractivity (Wildman–Crippen MR) is 115 cm³/mol. The maximum atomic E-state index is 12.3. The minimum Gasteiger partial charge on any atom is -0.381 e. The van der Waals surface area contributed by atoms with Gasteiger partial charge in [0.2, 0.25) is 5.91 Å². The number of guanidine groups is 1. The van der Waals surface area contributed by atoms with Crippen LogP contribution in [0, 0.1) is 5.92 Å². The smallest absolute Gasteiger partial charge is 0.242 e. The Labute approximate surface area is 179 Å². The monoisotopic (exact) mass is 514 g/mol. The fraction of sp³-hybridized carbons (Fsp3) is 0.882. The van der Waals surface area contributed by atoms with Gasteiger partial charge < -0.3 is 19.9 Å². The van der Waals surface area contributed by atoms with Crippen molar-refractivity contribution in [1.82, 2.24) is 15.1 Å². The lowest BCUT2D eigenvalue weighted by atomic mass is 10.1. The summed E-state index contributed by atoms with van der Waals surface area (Å²) in [4.78, 5) is 20.9. The molecule has 0 aromatic rings. The molecule has 1 N–H and O–H groups in total. The van der Waals surface area contributed by atoms with Crippen molar-refractivity contribution in [3.63, 3.8) is 0 Å². The predicted octanol–water partition coefficient (Wildman–Crippen LogP) is 0.328. The normalized spacial score (nSPS) is 26.8. The van der Waals surface area contributed by atoms with Crippen molar-refractivity contribution in [2.24, 2.45) is 10.9 Å². The van der Waals surface area contributed by atoms with Crippen LogP contribution in [-0.4, -0.2) is 93.6 Å². The summed E-state index contributed by atoms with van der Waals surface area (Å²) in [6, 6.07) is 0.286. The molecular formula is C17H31IN4O4S. The van der Waals surface area contributed by atoms with Crippen LogP contribution in [0.2, 0.25) is 0 Å². The molecule has 1 amide bonds. The molecule has 10 heteroatoms. The van der Waals surface area contributed by atoms with Crippen LogP contribution in [-0.2, 0) is 19.4 Å². The molecular weight excluding hydrogens is 483 g/mol. The number of rotatable bonds is 4. The Morgan fingerprint density at radius 2 is 2.00 bits per heavy atom. The van der Waals surface area contributed by atoms with Gasteiger partial charge in [-0.15, -0.1) is 24.0 Å². The van der Waals surface area contributed by atoms with E-state index in [-0.39, 0.29) is 53.3 Å². The van der Waals surface area contributed by atoms with Crippen LogP contribution in [0.4, 0.5) is 0 Å². The van der Waals surface area contributed by atoms with Gasteiger partial charge in [0.15, 0.2) is 15.8 Å². The Kier molecular flexibility index (Phi) is 8.60. The zero-order valence-corrected chi connectivity index (χ0v) is 19.1. The van der Waals surface area contributed by atoms with Crippen LogP contribution in [0.15, 0.2) is 4.99 Å². The van der Waals surface area contributed by atoms with E-state index in [2.05, 4.69) is 5.32 Å². The van der Waals surface area contributed by atoms with Crippen molar-refractivity contribution in [2.75, 3.05) is 57.4 Å². The molecule has 0 saturated carbocycles. The van der Waals surface area contributed by atoms with Gasteiger partial charge in [0.25, 0.3) is 0 Å². The number of nitrogens with one attached hydrogen (secondary N) is 1. The van der Waals surface area contributed by atoms with Crippen molar-refractivity contribution in [3.8, 4) is 0 Å². The van der Waals surface area contributed by atoms with Crippen LogP contribution in [0.3, 0.4) is 0 Å². The third-order valence-electron chi connectivity index (χ3n) is 5.38. The summed E-state index contributed by atoms with van der Waals surface area (Å²) in [6.45, 7) is 6.44. The Bertz CT molecular complexity index is 637. The van der Waals surface area contributed by atoms with Gasteiger partial charge in [-0.2, -0.15) is 0 Å². The van der Waals surface area contributed by atoms with Crippen LogP contribution in [0.25, 0.3) is 0 Å². The highest BCUT2D eigenvalue weighted by Gasteiger charge is 2.30. The molecule has 1 atom stereocenters. The molecule has 3 aliphatic rings. The Hall–Kier alpha value is -0.620. The average molecular weight is 514 g/mol. The van der Waals surface area contributed by atoms with Crippen LogP contribution < -0.4 is 5.32 Å². The lowest BCUT2D eigenvalue weighted by Gasteiger charge is -2.37. The topological polar surface area (TPSA) is 91.3 Å². The van der Waals surface area contributed by atoms with Gasteiger partial charge in [-0.3, -0.25) is 9.79 Å². The largest absolute Gasteiger partial charge is 0.381 e. The molecule has 0 aromatic carbocycles. The van der Waals surface area contributed by atoms with Gasteiger partial charge in [0.1, 0.15) is 0 Å². The fourth-order valence-corrected chi connectivity index (χ4v) is 5.57. The first-order valence-electron chi connectivity index (χ1n) is 9.58. The number of likely N-dealkylation sites (N-methyl/N-ethyl adjacent to an activating group) is 1. The number of carbonyl (C=O) groups excluding carboxylic acids is 1. The molecule has 3 saturated heterocycles. The summed E-state index contributed by atoms with van der Waals surface area (Å²) in [5.41, 5.74) is 0. The third kappa shape index (κ3) is 6.45. The second-order valence-corrected chi connectivity index (χ2v) is 9.59. The Morgan fingerprint density at radius 3 is 2.59 bits per heavy atom. The third-order valence-corrected chi connectivity index (χ3v) is 7.22. The van der Waals surface area contributed by atoms with Gasteiger partial charge in [-0.05, 0) is 32.1 Å². The number of carbonyl (C=O) groups is 1. The van der Waals surface area contributed by atoms with E-state index >= 15 is 0 Å². The van der Waals surface area contributed by atoms with E-state index < -0.39 is 9.84 Å². The number of hydrogen-bond acceptors (Lipinski definition) is 5. The highest BCUT2D eigenvalue weighted by molar-refractivity contribution is 14.0. The maximum absolute atomic E-state index is 12.3. The molecule has 0 radical (unpaired) electrons. The highest BCUT2D eigenvalue weighted by Crippen LogP contribution is 2.19. The first kappa shape index (κ1) is 22.7. The average Bonchev–Trinajstić information content (AvgIpc) is 2.98. The van der Waals surface area contributed by atoms with E-state index in [4.69, 9.17) is 9.73 Å². The molecule has 3 rings (SSSR count). The lowest BCUT2D eigenvalue weighted by molar-refractivity contribution is -0.134. The van der Waals surface area contributed by atoms with Gasteiger partial charge in [0, 0.05) is 45.4 Å². The second kappa shape index (κ2) is 10.2.